The van der Waals surface area contributed by atoms with Gasteiger partial charge in [0.1, 0.15) is 30.6 Å². The van der Waals surface area contributed by atoms with Crippen molar-refractivity contribution in [3.05, 3.63) is 180 Å². The van der Waals surface area contributed by atoms with E-state index in [2.05, 4.69) is 51.7 Å². The Kier molecular flexibility index (Phi) is 11.3. The minimum absolute atomic E-state index is 0.100. The quantitative estimate of drug-likeness (QED) is 0.122. The van der Waals surface area contributed by atoms with Crippen LogP contribution < -0.4 is 10.1 Å². The van der Waals surface area contributed by atoms with Crippen LogP contribution in [0.4, 0.5) is 4.79 Å². The van der Waals surface area contributed by atoms with Crippen molar-refractivity contribution < 1.29 is 23.8 Å². The molecule has 0 saturated heterocycles. The molecule has 1 aliphatic rings. The average Bonchev–Trinajstić information content (AvgIpc) is 3.58. The number of hydrogen-bond donors (Lipinski definition) is 1. The summed E-state index contributed by atoms with van der Waals surface area (Å²) in [6.07, 6.45) is 3.06. The van der Waals surface area contributed by atoms with E-state index in [1.54, 1.807) is 33.2 Å². The Bertz CT molecular complexity index is 2450. The molecule has 9 nitrogen and oxygen atoms in total. The zero-order valence-electron chi connectivity index (χ0n) is 33.2. The van der Waals surface area contributed by atoms with Gasteiger partial charge in [0.15, 0.2) is 0 Å². The van der Waals surface area contributed by atoms with Crippen molar-refractivity contribution in [2.45, 2.75) is 51.4 Å². The van der Waals surface area contributed by atoms with Gasteiger partial charge in [-0.15, -0.1) is 0 Å². The zero-order valence-corrected chi connectivity index (χ0v) is 33.2. The second kappa shape index (κ2) is 17.2. The van der Waals surface area contributed by atoms with Crippen LogP contribution in [0.1, 0.15) is 48.9 Å². The molecule has 0 saturated carbocycles. The van der Waals surface area contributed by atoms with Crippen LogP contribution in [0.25, 0.3) is 45.0 Å². The number of nitrogens with one attached hydrogen (secondary N) is 1. The monoisotopic (exact) mass is 780 g/mol. The van der Waals surface area contributed by atoms with Gasteiger partial charge in [-0.25, -0.2) is 14.6 Å². The minimum Gasteiger partial charge on any atom is -0.489 e. The lowest BCUT2D eigenvalue weighted by molar-refractivity contribution is -0.157. The Labute approximate surface area is 344 Å². The molecule has 8 rings (SSSR count). The van der Waals surface area contributed by atoms with Gasteiger partial charge in [0.05, 0.1) is 22.8 Å². The summed E-state index contributed by atoms with van der Waals surface area (Å²) in [7, 11) is 0. The summed E-state index contributed by atoms with van der Waals surface area (Å²) in [5.41, 5.74) is 10.7. The number of benzene rings is 4. The van der Waals surface area contributed by atoms with Gasteiger partial charge in [0.25, 0.3) is 0 Å². The van der Waals surface area contributed by atoms with Crippen LogP contribution in [0.3, 0.4) is 0 Å². The standard InChI is InChI=1S/C50H44N4O5/c1-50(2,3)59-48(55)47(54-49(56)58-32-42-40-14-6-4-12-38(40)39-13-5-7-15-41(39)42)28-33-20-24-37(25-21-33)57-31-34-18-22-35(23-19-34)36-29-45(43-16-8-10-26-51-43)53-46(30-36)44-17-9-11-27-52-44/h4-27,29-30,42,47H,28,31-32H2,1-3H3,(H,54,56)/t47-/m0/s1. The van der Waals surface area contributed by atoms with E-state index in [9.17, 15) is 9.59 Å². The molecule has 0 bridgehead atoms. The molecule has 3 aromatic heterocycles. The first-order chi connectivity index (χ1) is 28.7. The summed E-state index contributed by atoms with van der Waals surface area (Å²) in [6, 6.07) is 46.8. The van der Waals surface area contributed by atoms with Gasteiger partial charge < -0.3 is 19.5 Å². The average molecular weight is 781 g/mol. The predicted molar refractivity (Wildman–Crippen MR) is 228 cm³/mol. The normalized spacial score (nSPS) is 12.5. The van der Waals surface area contributed by atoms with Crippen molar-refractivity contribution in [3.63, 3.8) is 0 Å². The molecule has 0 spiro atoms. The number of esters is 1. The number of alkyl carbamates (subject to hydrolysis) is 1. The molecular formula is C50H44N4O5. The smallest absolute Gasteiger partial charge is 0.407 e. The van der Waals surface area contributed by atoms with Crippen molar-refractivity contribution >= 4 is 12.1 Å². The van der Waals surface area contributed by atoms with Crippen LogP contribution in [0.5, 0.6) is 5.75 Å². The number of aromatic nitrogens is 3. The molecule has 1 amide bonds. The zero-order chi connectivity index (χ0) is 40.8. The first-order valence-electron chi connectivity index (χ1n) is 19.7. The van der Waals surface area contributed by atoms with Gasteiger partial charge in [-0.3, -0.25) is 9.97 Å². The molecule has 0 unspecified atom stereocenters. The summed E-state index contributed by atoms with van der Waals surface area (Å²) in [5.74, 6) is 0.0320. The van der Waals surface area contributed by atoms with Crippen LogP contribution in [0.15, 0.2) is 158 Å². The Morgan fingerprint density at radius 1 is 0.644 bits per heavy atom. The van der Waals surface area contributed by atoms with E-state index in [4.69, 9.17) is 19.2 Å². The highest BCUT2D eigenvalue weighted by molar-refractivity contribution is 5.83. The molecule has 1 atom stereocenters. The van der Waals surface area contributed by atoms with Gasteiger partial charge in [0, 0.05) is 24.7 Å². The first kappa shape index (κ1) is 38.7. The molecule has 1 aliphatic carbocycles. The molecule has 4 aromatic carbocycles. The van der Waals surface area contributed by atoms with Crippen LogP contribution in [0.2, 0.25) is 0 Å². The third-order valence-electron chi connectivity index (χ3n) is 10.1. The third kappa shape index (κ3) is 9.37. The minimum atomic E-state index is -0.962. The van der Waals surface area contributed by atoms with E-state index >= 15 is 0 Å². The molecule has 0 radical (unpaired) electrons. The van der Waals surface area contributed by atoms with Gasteiger partial charge in [-0.2, -0.15) is 0 Å². The Balaban J connectivity index is 0.906. The van der Waals surface area contributed by atoms with E-state index in [1.165, 1.54) is 0 Å². The molecule has 1 N–H and O–H groups in total. The fourth-order valence-electron chi connectivity index (χ4n) is 7.25. The molecule has 9 heteroatoms. The van der Waals surface area contributed by atoms with Crippen molar-refractivity contribution in [2.75, 3.05) is 6.61 Å². The van der Waals surface area contributed by atoms with E-state index in [1.807, 2.05) is 109 Å². The first-order valence-corrected chi connectivity index (χ1v) is 19.7. The van der Waals surface area contributed by atoms with E-state index in [0.717, 1.165) is 67.3 Å². The van der Waals surface area contributed by atoms with Crippen LogP contribution >= 0.6 is 0 Å². The lowest BCUT2D eigenvalue weighted by atomic mass is 9.98. The third-order valence-corrected chi connectivity index (χ3v) is 10.1. The van der Waals surface area contributed by atoms with Crippen molar-refractivity contribution in [1.29, 1.82) is 0 Å². The highest BCUT2D eigenvalue weighted by Crippen LogP contribution is 2.44. The molecule has 0 fully saturated rings. The Morgan fingerprint density at radius 3 is 1.76 bits per heavy atom. The maximum absolute atomic E-state index is 13.4. The van der Waals surface area contributed by atoms with Gasteiger partial charge in [-0.1, -0.05) is 97.1 Å². The summed E-state index contributed by atoms with van der Waals surface area (Å²) < 4.78 is 17.6. The SMILES string of the molecule is CC(C)(C)OC(=O)[C@H](Cc1ccc(OCc2ccc(-c3cc(-c4ccccn4)nc(-c4ccccn4)c3)cc2)cc1)NC(=O)OCC1c2ccccc2-c2ccccc21. The van der Waals surface area contributed by atoms with E-state index in [-0.39, 0.29) is 18.9 Å². The number of fused-ring (bicyclic) bond motifs is 3. The maximum Gasteiger partial charge on any atom is 0.407 e. The number of pyridine rings is 3. The molecule has 0 aliphatic heterocycles. The molecule has 3 heterocycles. The Morgan fingerprint density at radius 2 is 1.20 bits per heavy atom. The maximum atomic E-state index is 13.4. The van der Waals surface area contributed by atoms with Gasteiger partial charge in [-0.05, 0) is 114 Å². The molecule has 59 heavy (non-hydrogen) atoms. The fourth-order valence-corrected chi connectivity index (χ4v) is 7.25. The highest BCUT2D eigenvalue weighted by atomic mass is 16.6. The van der Waals surface area contributed by atoms with Gasteiger partial charge >= 0.3 is 12.1 Å². The van der Waals surface area contributed by atoms with E-state index < -0.39 is 23.7 Å². The van der Waals surface area contributed by atoms with Crippen LogP contribution in [-0.2, 0) is 27.3 Å². The van der Waals surface area contributed by atoms with Crippen molar-refractivity contribution in [3.8, 4) is 50.8 Å². The summed E-state index contributed by atoms with van der Waals surface area (Å²) in [5, 5.41) is 2.78. The van der Waals surface area contributed by atoms with Crippen molar-refractivity contribution in [1.82, 2.24) is 20.3 Å². The highest BCUT2D eigenvalue weighted by Gasteiger charge is 2.31. The number of nitrogens with zero attached hydrogens (tertiary/aromatic N) is 3. The summed E-state index contributed by atoms with van der Waals surface area (Å²) in [4.78, 5) is 40.5. The number of hydrogen-bond acceptors (Lipinski definition) is 8. The number of ether oxygens (including phenoxy) is 3. The summed E-state index contributed by atoms with van der Waals surface area (Å²) >= 11 is 0. The topological polar surface area (TPSA) is 113 Å². The molecule has 7 aromatic rings. The number of amides is 1. The van der Waals surface area contributed by atoms with Gasteiger partial charge in [0.2, 0.25) is 0 Å². The predicted octanol–water partition coefficient (Wildman–Crippen LogP) is 10.2. The summed E-state index contributed by atoms with van der Waals surface area (Å²) in [6.45, 7) is 5.89. The lowest BCUT2D eigenvalue weighted by Crippen LogP contribution is -2.46. The number of carbonyl (C=O) groups excluding carboxylic acids is 2. The number of rotatable bonds is 12. The number of carbonyl (C=O) groups is 2. The largest absolute Gasteiger partial charge is 0.489 e. The van der Waals surface area contributed by atoms with Crippen LogP contribution in [-0.4, -0.2) is 45.3 Å². The molecule has 294 valence electrons. The lowest BCUT2D eigenvalue weighted by Gasteiger charge is -2.25. The van der Waals surface area contributed by atoms with Crippen molar-refractivity contribution in [2.24, 2.45) is 0 Å². The molecular weight excluding hydrogens is 737 g/mol. The fraction of sp³-hybridized carbons (Fsp3) is 0.180. The second-order valence-electron chi connectivity index (χ2n) is 15.4. The van der Waals surface area contributed by atoms with Crippen LogP contribution in [0, 0.1) is 0 Å². The second-order valence-corrected chi connectivity index (χ2v) is 15.4. The Hall–Kier alpha value is -7.13. The van der Waals surface area contributed by atoms with E-state index in [0.29, 0.717) is 12.4 Å².